The maximum absolute atomic E-state index is 10.8. The Hall–Kier alpha value is -5.22. The molecule has 0 radical (unpaired) electrons. The molecule has 4 N–H and O–H groups in total. The third-order valence-corrected chi connectivity index (χ3v) is 7.86. The lowest BCUT2D eigenvalue weighted by atomic mass is 9.69. The quantitative estimate of drug-likeness (QED) is 0.171. The Morgan fingerprint density at radius 1 is 0.375 bits per heavy atom. The van der Waals surface area contributed by atoms with Gasteiger partial charge in [-0.2, -0.15) is 0 Å². The van der Waals surface area contributed by atoms with Gasteiger partial charge >= 0.3 is 0 Å². The van der Waals surface area contributed by atoms with Gasteiger partial charge in [0, 0.05) is 27.7 Å². The highest BCUT2D eigenvalue weighted by Gasteiger charge is 2.33. The molecule has 4 heteroatoms. The zero-order valence-corrected chi connectivity index (χ0v) is 21.9. The minimum Gasteiger partial charge on any atom is -0.507 e. The van der Waals surface area contributed by atoms with Crippen molar-refractivity contribution in [2.45, 2.75) is 12.3 Å². The van der Waals surface area contributed by atoms with E-state index in [9.17, 15) is 20.4 Å². The van der Waals surface area contributed by atoms with Gasteiger partial charge in [0.25, 0.3) is 0 Å². The first-order valence-corrected chi connectivity index (χ1v) is 13.1. The molecule has 4 nitrogen and oxygen atoms in total. The van der Waals surface area contributed by atoms with E-state index in [0.717, 1.165) is 27.5 Å². The van der Waals surface area contributed by atoms with Gasteiger partial charge in [-0.25, -0.2) is 0 Å². The normalized spacial score (nSPS) is 11.5. The summed E-state index contributed by atoms with van der Waals surface area (Å²) in [6, 6.07) is 39.3. The van der Waals surface area contributed by atoms with Crippen molar-refractivity contribution in [1.29, 1.82) is 0 Å². The standard InChI is InChI=1S/C36H28O4/c1-36(25-15-14-23-8-2-3-9-24(23)20-25,26-16-18-34(39)30(21-26)28-10-4-6-12-32(28)37)27-17-19-35(40)31(22-27)29-11-5-7-13-33(29)38/h2-22,37-40H,1H3. The van der Waals surface area contributed by atoms with E-state index in [-0.39, 0.29) is 23.0 Å². The molecule has 0 spiro atoms. The second-order valence-electron chi connectivity index (χ2n) is 10.2. The molecule has 0 saturated heterocycles. The van der Waals surface area contributed by atoms with Gasteiger partial charge in [0.05, 0.1) is 0 Å². The molecule has 0 saturated carbocycles. The second kappa shape index (κ2) is 9.83. The van der Waals surface area contributed by atoms with Crippen LogP contribution in [-0.4, -0.2) is 20.4 Å². The Labute approximate surface area is 232 Å². The van der Waals surface area contributed by atoms with Gasteiger partial charge < -0.3 is 20.4 Å². The molecule has 0 fully saturated rings. The van der Waals surface area contributed by atoms with Crippen molar-refractivity contribution in [3.63, 3.8) is 0 Å². The number of para-hydroxylation sites is 2. The maximum Gasteiger partial charge on any atom is 0.123 e. The fourth-order valence-corrected chi connectivity index (χ4v) is 5.53. The summed E-state index contributed by atoms with van der Waals surface area (Å²) in [6.07, 6.45) is 0. The minimum absolute atomic E-state index is 0.0618. The lowest BCUT2D eigenvalue weighted by Crippen LogP contribution is -2.25. The predicted molar refractivity (Wildman–Crippen MR) is 160 cm³/mol. The Morgan fingerprint density at radius 2 is 0.775 bits per heavy atom. The topological polar surface area (TPSA) is 80.9 Å². The van der Waals surface area contributed by atoms with E-state index in [0.29, 0.717) is 22.3 Å². The van der Waals surface area contributed by atoms with Crippen LogP contribution >= 0.6 is 0 Å². The van der Waals surface area contributed by atoms with Crippen molar-refractivity contribution in [3.05, 3.63) is 144 Å². The molecule has 6 aromatic carbocycles. The lowest BCUT2D eigenvalue weighted by molar-refractivity contribution is 0.468. The zero-order valence-electron chi connectivity index (χ0n) is 21.9. The van der Waals surface area contributed by atoms with Gasteiger partial charge in [-0.15, -0.1) is 0 Å². The second-order valence-corrected chi connectivity index (χ2v) is 10.2. The number of fused-ring (bicyclic) bond motifs is 1. The average molecular weight is 525 g/mol. The maximum atomic E-state index is 10.8. The Balaban J connectivity index is 1.63. The number of hydrogen-bond donors (Lipinski definition) is 4. The van der Waals surface area contributed by atoms with Gasteiger partial charge in [0.2, 0.25) is 0 Å². The summed E-state index contributed by atoms with van der Waals surface area (Å²) < 4.78 is 0. The molecule has 0 unspecified atom stereocenters. The molecular weight excluding hydrogens is 496 g/mol. The summed E-state index contributed by atoms with van der Waals surface area (Å²) in [5.41, 5.74) is 4.12. The van der Waals surface area contributed by atoms with Crippen molar-refractivity contribution in [2.75, 3.05) is 0 Å². The van der Waals surface area contributed by atoms with E-state index in [2.05, 4.69) is 37.3 Å². The van der Waals surface area contributed by atoms with Crippen LogP contribution in [0.4, 0.5) is 0 Å². The lowest BCUT2D eigenvalue weighted by Gasteiger charge is -2.33. The van der Waals surface area contributed by atoms with Crippen LogP contribution in [0.1, 0.15) is 23.6 Å². The highest BCUT2D eigenvalue weighted by Crippen LogP contribution is 2.46. The number of rotatable bonds is 5. The molecule has 0 atom stereocenters. The number of aromatic hydroxyl groups is 4. The molecule has 0 aliphatic rings. The van der Waals surface area contributed by atoms with E-state index in [4.69, 9.17) is 0 Å². The smallest absolute Gasteiger partial charge is 0.123 e. The van der Waals surface area contributed by atoms with Crippen LogP contribution in [0.3, 0.4) is 0 Å². The third-order valence-electron chi connectivity index (χ3n) is 7.86. The molecule has 0 amide bonds. The Bertz CT molecular complexity index is 1780. The van der Waals surface area contributed by atoms with Crippen molar-refractivity contribution < 1.29 is 20.4 Å². The molecule has 0 aliphatic carbocycles. The van der Waals surface area contributed by atoms with Crippen molar-refractivity contribution in [1.82, 2.24) is 0 Å². The monoisotopic (exact) mass is 524 g/mol. The predicted octanol–water partition coefficient (Wildman–Crippen LogP) is 8.35. The molecule has 6 aromatic rings. The van der Waals surface area contributed by atoms with Crippen LogP contribution < -0.4 is 0 Å². The first kappa shape index (κ1) is 25.1. The van der Waals surface area contributed by atoms with Gasteiger partial charge in [-0.3, -0.25) is 0 Å². The van der Waals surface area contributed by atoms with Crippen LogP contribution in [0.2, 0.25) is 0 Å². The summed E-state index contributed by atoms with van der Waals surface area (Å²) in [4.78, 5) is 0. The van der Waals surface area contributed by atoms with Gasteiger partial charge in [0.1, 0.15) is 23.0 Å². The fraction of sp³-hybridized carbons (Fsp3) is 0.0556. The molecule has 0 aromatic heterocycles. The average Bonchev–Trinajstić information content (AvgIpc) is 2.98. The van der Waals surface area contributed by atoms with E-state index in [1.807, 2.05) is 48.5 Å². The molecule has 0 bridgehead atoms. The van der Waals surface area contributed by atoms with Gasteiger partial charge in [-0.1, -0.05) is 84.9 Å². The van der Waals surface area contributed by atoms with E-state index in [1.165, 1.54) is 0 Å². The van der Waals surface area contributed by atoms with E-state index < -0.39 is 5.41 Å². The summed E-state index contributed by atoms with van der Waals surface area (Å²) in [5, 5.41) is 45.1. The molecule has 196 valence electrons. The number of hydrogen-bond acceptors (Lipinski definition) is 4. The summed E-state index contributed by atoms with van der Waals surface area (Å²) in [5.74, 6) is 0.279. The molecule has 0 aliphatic heterocycles. The third kappa shape index (κ3) is 4.20. The van der Waals surface area contributed by atoms with Crippen molar-refractivity contribution >= 4 is 10.8 Å². The summed E-state index contributed by atoms with van der Waals surface area (Å²) in [7, 11) is 0. The largest absolute Gasteiger partial charge is 0.507 e. The highest BCUT2D eigenvalue weighted by atomic mass is 16.3. The van der Waals surface area contributed by atoms with E-state index in [1.54, 1.807) is 48.5 Å². The van der Waals surface area contributed by atoms with E-state index >= 15 is 0 Å². The van der Waals surface area contributed by atoms with Crippen LogP contribution in [0.5, 0.6) is 23.0 Å². The number of phenolic OH excluding ortho intramolecular Hbond substituents is 4. The summed E-state index contributed by atoms with van der Waals surface area (Å²) >= 11 is 0. The molecule has 40 heavy (non-hydrogen) atoms. The summed E-state index contributed by atoms with van der Waals surface area (Å²) in [6.45, 7) is 2.11. The first-order chi connectivity index (χ1) is 19.4. The number of benzene rings is 6. The fourth-order valence-electron chi connectivity index (χ4n) is 5.53. The number of phenols is 4. The van der Waals surface area contributed by atoms with Crippen LogP contribution in [0.15, 0.2) is 127 Å². The Kier molecular flexibility index (Phi) is 6.16. The molecule has 0 heterocycles. The SMILES string of the molecule is CC(c1ccc(O)c(-c2ccccc2O)c1)(c1ccc(O)c(-c2ccccc2O)c1)c1ccc2ccccc2c1. The van der Waals surface area contributed by atoms with Gasteiger partial charge in [-0.05, 0) is 76.9 Å². The minimum atomic E-state index is -0.746. The highest BCUT2D eigenvalue weighted by molar-refractivity contribution is 5.84. The van der Waals surface area contributed by atoms with Crippen molar-refractivity contribution in [3.8, 4) is 45.3 Å². The Morgan fingerprint density at radius 3 is 1.30 bits per heavy atom. The zero-order chi connectivity index (χ0) is 27.9. The van der Waals surface area contributed by atoms with Crippen LogP contribution in [0.25, 0.3) is 33.0 Å². The molecule has 6 rings (SSSR count). The van der Waals surface area contributed by atoms with Crippen molar-refractivity contribution in [2.24, 2.45) is 0 Å². The van der Waals surface area contributed by atoms with Gasteiger partial charge in [0.15, 0.2) is 0 Å². The van der Waals surface area contributed by atoms with Crippen LogP contribution in [-0.2, 0) is 5.41 Å². The first-order valence-electron chi connectivity index (χ1n) is 13.1. The van der Waals surface area contributed by atoms with Crippen LogP contribution in [0, 0.1) is 0 Å². The molecular formula is C36H28O4.